The second-order valence-electron chi connectivity index (χ2n) is 7.24. The molecule has 0 aromatic heterocycles. The number of hydrogen-bond acceptors (Lipinski definition) is 8. The van der Waals surface area contributed by atoms with Crippen molar-refractivity contribution < 1.29 is 33.8 Å². The maximum atomic E-state index is 12.5. The zero-order valence-corrected chi connectivity index (χ0v) is 16.2. The van der Waals surface area contributed by atoms with E-state index in [1.165, 1.54) is 36.4 Å². The van der Waals surface area contributed by atoms with Crippen molar-refractivity contribution in [3.05, 3.63) is 81.9 Å². The van der Waals surface area contributed by atoms with Crippen LogP contribution in [-0.2, 0) is 23.8 Å². The number of carbonyl (C=O) groups is 2. The van der Waals surface area contributed by atoms with Crippen LogP contribution in [0.25, 0.3) is 6.08 Å². The zero-order chi connectivity index (χ0) is 22.0. The van der Waals surface area contributed by atoms with Gasteiger partial charge in [0.25, 0.3) is 5.69 Å². The van der Waals surface area contributed by atoms with Gasteiger partial charge in [0, 0.05) is 18.2 Å². The first-order valence-corrected chi connectivity index (χ1v) is 9.63. The molecule has 2 aliphatic rings. The molecule has 31 heavy (non-hydrogen) atoms. The third-order valence-electron chi connectivity index (χ3n) is 5.19. The number of nitro groups is 1. The third kappa shape index (κ3) is 4.47. The number of benzene rings is 2. The summed E-state index contributed by atoms with van der Waals surface area (Å²) in [6.45, 7) is 0. The van der Waals surface area contributed by atoms with Gasteiger partial charge < -0.3 is 19.3 Å². The van der Waals surface area contributed by atoms with E-state index in [2.05, 4.69) is 0 Å². The summed E-state index contributed by atoms with van der Waals surface area (Å²) in [5, 5.41) is 21.4. The fraction of sp³-hybridized carbons (Fsp3) is 0.273. The topological polar surface area (TPSA) is 125 Å². The van der Waals surface area contributed by atoms with Crippen LogP contribution in [0.5, 0.6) is 0 Å². The Bertz CT molecular complexity index is 1000. The van der Waals surface area contributed by atoms with Crippen LogP contribution >= 0.6 is 0 Å². The second kappa shape index (κ2) is 8.66. The minimum atomic E-state index is -1.15. The Labute approximate surface area is 177 Å². The van der Waals surface area contributed by atoms with Gasteiger partial charge in [-0.15, -0.1) is 0 Å². The first kappa shape index (κ1) is 20.7. The van der Waals surface area contributed by atoms with Gasteiger partial charge in [-0.3, -0.25) is 14.9 Å². The van der Waals surface area contributed by atoms with Crippen molar-refractivity contribution in [2.75, 3.05) is 0 Å². The van der Waals surface area contributed by atoms with Crippen LogP contribution < -0.4 is 0 Å². The summed E-state index contributed by atoms with van der Waals surface area (Å²) in [5.74, 6) is -1.12. The Balaban J connectivity index is 1.49. The number of rotatable bonds is 6. The summed E-state index contributed by atoms with van der Waals surface area (Å²) in [4.78, 5) is 34.2. The van der Waals surface area contributed by atoms with Gasteiger partial charge in [-0.1, -0.05) is 30.3 Å². The van der Waals surface area contributed by atoms with Gasteiger partial charge in [0.2, 0.25) is 0 Å². The summed E-state index contributed by atoms with van der Waals surface area (Å²) in [5.41, 5.74) is 1.15. The van der Waals surface area contributed by atoms with Crippen molar-refractivity contribution in [3.8, 4) is 0 Å². The summed E-state index contributed by atoms with van der Waals surface area (Å²) >= 11 is 0. The normalized spacial score (nSPS) is 25.8. The van der Waals surface area contributed by atoms with Crippen LogP contribution in [0, 0.1) is 10.1 Å². The first-order valence-electron chi connectivity index (χ1n) is 9.63. The van der Waals surface area contributed by atoms with Crippen LogP contribution in [0.2, 0.25) is 0 Å². The Kier molecular flexibility index (Phi) is 5.79. The fourth-order valence-electron chi connectivity index (χ4n) is 3.69. The Morgan fingerprint density at radius 2 is 1.90 bits per heavy atom. The van der Waals surface area contributed by atoms with Crippen LogP contribution in [-0.4, -0.2) is 46.4 Å². The van der Waals surface area contributed by atoms with Crippen molar-refractivity contribution in [1.29, 1.82) is 0 Å². The van der Waals surface area contributed by atoms with Crippen LogP contribution in [0.1, 0.15) is 23.7 Å². The third-order valence-corrected chi connectivity index (χ3v) is 5.19. The van der Waals surface area contributed by atoms with Crippen molar-refractivity contribution in [1.82, 2.24) is 0 Å². The van der Waals surface area contributed by atoms with Crippen molar-refractivity contribution >= 4 is 23.7 Å². The molecule has 160 valence electrons. The highest BCUT2D eigenvalue weighted by atomic mass is 16.6. The molecule has 9 heteroatoms. The summed E-state index contributed by atoms with van der Waals surface area (Å²) in [7, 11) is 0. The number of non-ortho nitro benzene ring substituents is 1. The molecule has 2 heterocycles. The van der Waals surface area contributed by atoms with E-state index in [0.29, 0.717) is 11.1 Å². The smallest absolute Gasteiger partial charge is 0.331 e. The number of aliphatic hydroxyl groups excluding tert-OH is 1. The molecule has 0 aliphatic carbocycles. The second-order valence-corrected chi connectivity index (χ2v) is 7.24. The fourth-order valence-corrected chi connectivity index (χ4v) is 3.69. The van der Waals surface area contributed by atoms with E-state index in [-0.39, 0.29) is 12.1 Å². The summed E-state index contributed by atoms with van der Waals surface area (Å²) < 4.78 is 16.6. The largest absolute Gasteiger partial charge is 0.457 e. The van der Waals surface area contributed by atoms with Gasteiger partial charge in [-0.2, -0.15) is 0 Å². The lowest BCUT2D eigenvalue weighted by Gasteiger charge is -2.26. The lowest BCUT2D eigenvalue weighted by Crippen LogP contribution is -2.37. The van der Waals surface area contributed by atoms with Crippen LogP contribution in [0.4, 0.5) is 5.69 Å². The molecule has 0 unspecified atom stereocenters. The van der Waals surface area contributed by atoms with Crippen molar-refractivity contribution in [3.63, 3.8) is 0 Å². The number of nitrogens with zero attached hydrogens (tertiary/aromatic N) is 1. The molecule has 2 saturated heterocycles. The number of aliphatic hydroxyl groups is 1. The molecule has 0 spiro atoms. The van der Waals surface area contributed by atoms with E-state index >= 15 is 0 Å². The van der Waals surface area contributed by atoms with Gasteiger partial charge in [0.05, 0.1) is 11.3 Å². The molecule has 0 bridgehead atoms. The van der Waals surface area contributed by atoms with E-state index in [4.69, 9.17) is 14.2 Å². The molecule has 5 atom stereocenters. The van der Waals surface area contributed by atoms with E-state index in [1.807, 2.05) is 0 Å². The number of fused-ring (bicyclic) bond motifs is 1. The minimum absolute atomic E-state index is 0.0354. The van der Waals surface area contributed by atoms with Gasteiger partial charge >= 0.3 is 11.9 Å². The number of hydrogen-bond donors (Lipinski definition) is 1. The Morgan fingerprint density at radius 1 is 1.19 bits per heavy atom. The predicted molar refractivity (Wildman–Crippen MR) is 107 cm³/mol. The molecular formula is C22H19NO8. The molecule has 2 aromatic rings. The SMILES string of the molecule is O=C(/C=C/c1ccc([N+](=O)[O-])cc1)O[C@@H](c1ccccc1)[C@H]1O[C@@H]2CC(=O)O[C@@H]2[C@H]1O. The molecule has 0 radical (unpaired) electrons. The van der Waals surface area contributed by atoms with E-state index < -0.39 is 47.4 Å². The highest BCUT2D eigenvalue weighted by Crippen LogP contribution is 2.38. The maximum absolute atomic E-state index is 12.5. The number of nitro benzene ring substituents is 1. The van der Waals surface area contributed by atoms with Gasteiger partial charge in [0.15, 0.2) is 12.2 Å². The monoisotopic (exact) mass is 425 g/mol. The van der Waals surface area contributed by atoms with Crippen LogP contribution in [0.15, 0.2) is 60.7 Å². The van der Waals surface area contributed by atoms with E-state index in [1.54, 1.807) is 30.3 Å². The Morgan fingerprint density at radius 3 is 2.55 bits per heavy atom. The molecular weight excluding hydrogens is 406 g/mol. The van der Waals surface area contributed by atoms with Gasteiger partial charge in [0.1, 0.15) is 18.3 Å². The number of carbonyl (C=O) groups excluding carboxylic acids is 2. The minimum Gasteiger partial charge on any atom is -0.457 e. The number of ether oxygens (including phenoxy) is 3. The maximum Gasteiger partial charge on any atom is 0.331 e. The molecule has 2 aromatic carbocycles. The molecule has 4 rings (SSSR count). The average Bonchev–Trinajstić information content (AvgIpc) is 3.28. The summed E-state index contributed by atoms with van der Waals surface area (Å²) in [6.07, 6.45) is -1.65. The highest BCUT2D eigenvalue weighted by molar-refractivity contribution is 5.87. The van der Waals surface area contributed by atoms with E-state index in [0.717, 1.165) is 0 Å². The molecule has 9 nitrogen and oxygen atoms in total. The lowest BCUT2D eigenvalue weighted by atomic mass is 9.98. The Hall–Kier alpha value is -3.56. The molecule has 1 N–H and O–H groups in total. The quantitative estimate of drug-likeness (QED) is 0.324. The zero-order valence-electron chi connectivity index (χ0n) is 16.2. The first-order chi connectivity index (χ1) is 14.9. The predicted octanol–water partition coefficient (Wildman–Crippen LogP) is 2.34. The van der Waals surface area contributed by atoms with Crippen LogP contribution in [0.3, 0.4) is 0 Å². The van der Waals surface area contributed by atoms with Crippen molar-refractivity contribution in [2.24, 2.45) is 0 Å². The molecule has 0 amide bonds. The lowest BCUT2D eigenvalue weighted by molar-refractivity contribution is -0.384. The van der Waals surface area contributed by atoms with Gasteiger partial charge in [-0.25, -0.2) is 4.79 Å². The number of esters is 2. The molecule has 2 aliphatic heterocycles. The average molecular weight is 425 g/mol. The van der Waals surface area contributed by atoms with Gasteiger partial charge in [-0.05, 0) is 29.3 Å². The highest BCUT2D eigenvalue weighted by Gasteiger charge is 2.54. The van der Waals surface area contributed by atoms with Crippen molar-refractivity contribution in [2.45, 2.75) is 36.9 Å². The van der Waals surface area contributed by atoms with E-state index in [9.17, 15) is 24.8 Å². The molecule has 2 fully saturated rings. The standard InChI is InChI=1S/C22H19NO8/c24-17(11-8-13-6-9-15(10-7-13)23(27)28)30-20(14-4-2-1-3-5-14)22-19(26)21-16(29-22)12-18(25)31-21/h1-11,16,19-22,26H,12H2/b11-8+/t16-,19-,20+,21+,22+/m1/s1. The summed E-state index contributed by atoms with van der Waals surface area (Å²) in [6, 6.07) is 14.5. The molecule has 0 saturated carbocycles.